The Morgan fingerprint density at radius 2 is 2.08 bits per heavy atom. The van der Waals surface area contributed by atoms with Crippen molar-refractivity contribution in [2.45, 2.75) is 12.6 Å². The Morgan fingerprint density at radius 3 is 2.62 bits per heavy atom. The van der Waals surface area contributed by atoms with Crippen LogP contribution in [-0.2, 0) is 6.61 Å². The Hall–Kier alpha value is -0.610. The number of hydrogen-bond acceptors (Lipinski definition) is 3. The Balaban J connectivity index is 3.07. The van der Waals surface area contributed by atoms with Gasteiger partial charge >= 0.3 is 0 Å². The van der Waals surface area contributed by atoms with E-state index in [4.69, 9.17) is 27.5 Å². The van der Waals surface area contributed by atoms with E-state index in [1.54, 1.807) is 18.2 Å². The highest BCUT2D eigenvalue weighted by molar-refractivity contribution is 6.30. The smallest absolute Gasteiger partial charge is 0.0685 e. The molecule has 0 aliphatic heterocycles. The molecule has 13 heavy (non-hydrogen) atoms. The minimum absolute atomic E-state index is 0.0970. The molecule has 4 N–H and O–H groups in total. The lowest BCUT2D eigenvalue weighted by molar-refractivity contribution is 0.259. The van der Waals surface area contributed by atoms with Gasteiger partial charge in [-0.3, -0.25) is 0 Å². The Morgan fingerprint density at radius 1 is 1.38 bits per heavy atom. The monoisotopic (exact) mass is 201 g/mol. The van der Waals surface area contributed by atoms with E-state index in [1.807, 2.05) is 0 Å². The molecule has 0 unspecified atom stereocenters. The standard InChI is InChI=1S/C9H12ClNO2/c10-7-2-1-6(4-12)8(3-7)9(11)5-13/h1-3,9,12-13H,4-5,11H2/t9-/m0/s1. The molecule has 1 aromatic carbocycles. The topological polar surface area (TPSA) is 66.5 Å². The Labute approximate surface area is 81.8 Å². The van der Waals surface area contributed by atoms with Crippen molar-refractivity contribution in [2.24, 2.45) is 5.73 Å². The predicted octanol–water partition coefficient (Wildman–Crippen LogP) is 0.824. The summed E-state index contributed by atoms with van der Waals surface area (Å²) >= 11 is 5.76. The van der Waals surface area contributed by atoms with E-state index in [1.165, 1.54) is 0 Å². The molecule has 4 heteroatoms. The third-order valence-electron chi connectivity index (χ3n) is 1.87. The second kappa shape index (κ2) is 4.58. The van der Waals surface area contributed by atoms with Crippen LogP contribution in [0.5, 0.6) is 0 Å². The van der Waals surface area contributed by atoms with Crippen LogP contribution in [0.15, 0.2) is 18.2 Å². The molecule has 0 amide bonds. The second-order valence-corrected chi connectivity index (χ2v) is 3.23. The van der Waals surface area contributed by atoms with E-state index < -0.39 is 6.04 Å². The molecule has 0 spiro atoms. The molecule has 0 aliphatic carbocycles. The molecular weight excluding hydrogens is 190 g/mol. The summed E-state index contributed by atoms with van der Waals surface area (Å²) in [6.45, 7) is -0.256. The Kier molecular flexibility index (Phi) is 3.69. The first-order chi connectivity index (χ1) is 6.19. The van der Waals surface area contributed by atoms with Crippen molar-refractivity contribution in [3.05, 3.63) is 34.3 Å². The maximum atomic E-state index is 8.97. The van der Waals surface area contributed by atoms with Crippen LogP contribution in [0.2, 0.25) is 5.02 Å². The van der Waals surface area contributed by atoms with Crippen LogP contribution in [0.3, 0.4) is 0 Å². The van der Waals surface area contributed by atoms with Crippen LogP contribution in [-0.4, -0.2) is 16.8 Å². The summed E-state index contributed by atoms with van der Waals surface area (Å²) in [5, 5.41) is 18.4. The lowest BCUT2D eigenvalue weighted by atomic mass is 10.0. The highest BCUT2D eigenvalue weighted by Crippen LogP contribution is 2.20. The number of benzene rings is 1. The van der Waals surface area contributed by atoms with Crippen molar-refractivity contribution in [1.82, 2.24) is 0 Å². The van der Waals surface area contributed by atoms with Gasteiger partial charge in [-0.05, 0) is 23.3 Å². The molecule has 0 heterocycles. The minimum Gasteiger partial charge on any atom is -0.394 e. The average molecular weight is 202 g/mol. The van der Waals surface area contributed by atoms with Crippen molar-refractivity contribution in [3.8, 4) is 0 Å². The summed E-state index contributed by atoms with van der Waals surface area (Å²) in [6, 6.07) is 4.56. The lowest BCUT2D eigenvalue weighted by Gasteiger charge is -2.13. The molecule has 0 radical (unpaired) electrons. The van der Waals surface area contributed by atoms with Gasteiger partial charge in [0.2, 0.25) is 0 Å². The molecule has 0 fully saturated rings. The molecule has 3 nitrogen and oxygen atoms in total. The first-order valence-corrected chi connectivity index (χ1v) is 4.32. The Bertz CT molecular complexity index is 291. The molecule has 1 aromatic rings. The fraction of sp³-hybridized carbons (Fsp3) is 0.333. The summed E-state index contributed by atoms with van der Waals surface area (Å²) in [5.41, 5.74) is 7.01. The number of rotatable bonds is 3. The summed E-state index contributed by atoms with van der Waals surface area (Å²) < 4.78 is 0. The van der Waals surface area contributed by atoms with Gasteiger partial charge in [0.05, 0.1) is 19.3 Å². The van der Waals surface area contributed by atoms with Crippen LogP contribution in [0.25, 0.3) is 0 Å². The molecule has 1 atom stereocenters. The number of halogens is 1. The molecular formula is C9H12ClNO2. The molecule has 0 aliphatic rings. The van der Waals surface area contributed by atoms with Crippen molar-refractivity contribution in [1.29, 1.82) is 0 Å². The van der Waals surface area contributed by atoms with Crippen LogP contribution in [0.1, 0.15) is 17.2 Å². The largest absolute Gasteiger partial charge is 0.394 e. The first kappa shape index (κ1) is 10.5. The van der Waals surface area contributed by atoms with Crippen LogP contribution < -0.4 is 5.73 Å². The number of aliphatic hydroxyl groups excluding tert-OH is 2. The number of hydrogen-bond donors (Lipinski definition) is 3. The van der Waals surface area contributed by atoms with E-state index in [2.05, 4.69) is 0 Å². The van der Waals surface area contributed by atoms with E-state index in [0.29, 0.717) is 16.1 Å². The average Bonchev–Trinajstić information content (AvgIpc) is 2.16. The minimum atomic E-state index is -0.485. The van der Waals surface area contributed by atoms with Crippen LogP contribution in [0.4, 0.5) is 0 Å². The lowest BCUT2D eigenvalue weighted by Crippen LogP contribution is -2.16. The molecule has 1 rings (SSSR count). The van der Waals surface area contributed by atoms with Crippen LogP contribution in [0, 0.1) is 0 Å². The van der Waals surface area contributed by atoms with Gasteiger partial charge in [0.25, 0.3) is 0 Å². The highest BCUT2D eigenvalue weighted by Gasteiger charge is 2.09. The second-order valence-electron chi connectivity index (χ2n) is 2.79. The van der Waals surface area contributed by atoms with Gasteiger partial charge in [0.1, 0.15) is 0 Å². The zero-order valence-corrected chi connectivity index (χ0v) is 7.83. The zero-order chi connectivity index (χ0) is 9.84. The number of aliphatic hydroxyl groups is 2. The zero-order valence-electron chi connectivity index (χ0n) is 7.07. The van der Waals surface area contributed by atoms with Gasteiger partial charge in [-0.1, -0.05) is 17.7 Å². The van der Waals surface area contributed by atoms with Crippen molar-refractivity contribution < 1.29 is 10.2 Å². The van der Waals surface area contributed by atoms with E-state index in [-0.39, 0.29) is 13.2 Å². The SMILES string of the molecule is N[C@@H](CO)c1cc(Cl)ccc1CO. The van der Waals surface area contributed by atoms with Gasteiger partial charge in [0, 0.05) is 5.02 Å². The summed E-state index contributed by atoms with van der Waals surface area (Å²) in [4.78, 5) is 0. The third kappa shape index (κ3) is 2.42. The molecule has 0 aromatic heterocycles. The fourth-order valence-electron chi connectivity index (χ4n) is 1.15. The fourth-order valence-corrected chi connectivity index (χ4v) is 1.33. The summed E-state index contributed by atoms with van der Waals surface area (Å²) in [5.74, 6) is 0. The van der Waals surface area contributed by atoms with Crippen molar-refractivity contribution in [2.75, 3.05) is 6.61 Å². The van der Waals surface area contributed by atoms with Gasteiger partial charge in [-0.15, -0.1) is 0 Å². The third-order valence-corrected chi connectivity index (χ3v) is 2.11. The molecule has 0 bridgehead atoms. The molecule has 72 valence electrons. The van der Waals surface area contributed by atoms with Gasteiger partial charge in [-0.25, -0.2) is 0 Å². The quantitative estimate of drug-likeness (QED) is 0.679. The van der Waals surface area contributed by atoms with E-state index >= 15 is 0 Å². The summed E-state index contributed by atoms with van der Waals surface area (Å²) in [6.07, 6.45) is 0. The van der Waals surface area contributed by atoms with Crippen molar-refractivity contribution in [3.63, 3.8) is 0 Å². The first-order valence-electron chi connectivity index (χ1n) is 3.94. The maximum absolute atomic E-state index is 8.97. The maximum Gasteiger partial charge on any atom is 0.0685 e. The van der Waals surface area contributed by atoms with Crippen molar-refractivity contribution >= 4 is 11.6 Å². The normalized spacial score (nSPS) is 12.9. The predicted molar refractivity (Wildman–Crippen MR) is 51.4 cm³/mol. The van der Waals surface area contributed by atoms with Crippen LogP contribution >= 0.6 is 11.6 Å². The van der Waals surface area contributed by atoms with E-state index in [9.17, 15) is 0 Å². The van der Waals surface area contributed by atoms with E-state index in [0.717, 1.165) is 0 Å². The summed E-state index contributed by atoms with van der Waals surface area (Å²) in [7, 11) is 0. The molecule has 0 saturated heterocycles. The van der Waals surface area contributed by atoms with Gasteiger partial charge in [-0.2, -0.15) is 0 Å². The van der Waals surface area contributed by atoms with Gasteiger partial charge < -0.3 is 15.9 Å². The van der Waals surface area contributed by atoms with Gasteiger partial charge in [0.15, 0.2) is 0 Å². The molecule has 0 saturated carbocycles. The number of nitrogens with two attached hydrogens (primary N) is 1. The highest BCUT2D eigenvalue weighted by atomic mass is 35.5.